The van der Waals surface area contributed by atoms with Gasteiger partial charge in [0.05, 0.1) is 11.8 Å². The number of amides is 1. The van der Waals surface area contributed by atoms with Gasteiger partial charge in [0.15, 0.2) is 11.0 Å². The maximum absolute atomic E-state index is 12.6. The topological polar surface area (TPSA) is 59.8 Å². The van der Waals surface area contributed by atoms with Crippen molar-refractivity contribution in [1.82, 2.24) is 20.1 Å². The summed E-state index contributed by atoms with van der Waals surface area (Å²) in [4.78, 5) is 12.6. The molecule has 0 bridgehead atoms. The van der Waals surface area contributed by atoms with Crippen LogP contribution in [0.15, 0.2) is 53.7 Å². The molecule has 0 spiro atoms. The highest BCUT2D eigenvalue weighted by molar-refractivity contribution is 7.99. The van der Waals surface area contributed by atoms with E-state index in [1.165, 1.54) is 28.5 Å². The lowest BCUT2D eigenvalue weighted by molar-refractivity contribution is -0.119. The first-order chi connectivity index (χ1) is 14.2. The summed E-state index contributed by atoms with van der Waals surface area (Å²) < 4.78 is 2.07. The Morgan fingerprint density at radius 1 is 1.21 bits per heavy atom. The maximum atomic E-state index is 12.6. The number of benzene rings is 2. The van der Waals surface area contributed by atoms with Crippen molar-refractivity contribution in [2.45, 2.75) is 50.9 Å². The molecule has 1 heterocycles. The summed E-state index contributed by atoms with van der Waals surface area (Å²) in [6.07, 6.45) is 3.20. The summed E-state index contributed by atoms with van der Waals surface area (Å²) in [5.74, 6) is 1.23. The van der Waals surface area contributed by atoms with Gasteiger partial charge in [-0.05, 0) is 50.3 Å². The van der Waals surface area contributed by atoms with Gasteiger partial charge in [-0.15, -0.1) is 10.2 Å². The predicted octanol–water partition coefficient (Wildman–Crippen LogP) is 4.56. The van der Waals surface area contributed by atoms with Crippen molar-refractivity contribution in [3.05, 3.63) is 65.2 Å². The quantitative estimate of drug-likeness (QED) is 0.610. The van der Waals surface area contributed by atoms with E-state index in [2.05, 4.69) is 70.3 Å². The van der Waals surface area contributed by atoms with Gasteiger partial charge in [0.25, 0.3) is 0 Å². The van der Waals surface area contributed by atoms with Crippen LogP contribution in [0.3, 0.4) is 0 Å². The van der Waals surface area contributed by atoms with Crippen molar-refractivity contribution in [1.29, 1.82) is 0 Å². The van der Waals surface area contributed by atoms with Crippen molar-refractivity contribution in [2.24, 2.45) is 0 Å². The first kappa shape index (κ1) is 19.7. The number of hydrogen-bond acceptors (Lipinski definition) is 4. The van der Waals surface area contributed by atoms with Gasteiger partial charge in [-0.25, -0.2) is 0 Å². The largest absolute Gasteiger partial charge is 0.349 e. The third kappa shape index (κ3) is 4.37. The van der Waals surface area contributed by atoms with Gasteiger partial charge in [-0.2, -0.15) is 0 Å². The van der Waals surface area contributed by atoms with Gasteiger partial charge in [0.1, 0.15) is 0 Å². The van der Waals surface area contributed by atoms with Gasteiger partial charge >= 0.3 is 0 Å². The van der Waals surface area contributed by atoms with Crippen LogP contribution in [0, 0.1) is 6.92 Å². The first-order valence-corrected chi connectivity index (χ1v) is 11.1. The van der Waals surface area contributed by atoms with Crippen LogP contribution in [0.1, 0.15) is 42.5 Å². The first-order valence-electron chi connectivity index (χ1n) is 10.2. The highest BCUT2D eigenvalue weighted by Gasteiger charge is 2.22. The molecule has 0 aliphatic heterocycles. The van der Waals surface area contributed by atoms with Gasteiger partial charge in [0, 0.05) is 12.1 Å². The summed E-state index contributed by atoms with van der Waals surface area (Å²) in [7, 11) is 0. The molecular formula is C23H26N4OS. The zero-order valence-corrected chi connectivity index (χ0v) is 17.7. The fourth-order valence-corrected chi connectivity index (χ4v) is 4.76. The molecule has 0 saturated carbocycles. The second-order valence-corrected chi connectivity index (χ2v) is 8.36. The molecule has 150 valence electrons. The molecule has 0 saturated heterocycles. The van der Waals surface area contributed by atoms with E-state index in [9.17, 15) is 4.79 Å². The molecule has 0 fully saturated rings. The molecule has 2 aromatic carbocycles. The molecule has 5 nitrogen and oxygen atoms in total. The Labute approximate surface area is 175 Å². The maximum Gasteiger partial charge on any atom is 0.230 e. The molecule has 1 aliphatic carbocycles. The second-order valence-electron chi connectivity index (χ2n) is 7.42. The van der Waals surface area contributed by atoms with E-state index < -0.39 is 0 Å². The summed E-state index contributed by atoms with van der Waals surface area (Å²) in [5.41, 5.74) is 4.85. The van der Waals surface area contributed by atoms with E-state index >= 15 is 0 Å². The standard InChI is InChI=1S/C23H26N4OS/c1-3-27-22(18-11-6-8-16(2)14-18)25-26-23(27)29-15-21(28)24-20-13-7-10-17-9-4-5-12-19(17)20/h4-6,8-9,11-12,14,20H,3,7,10,13,15H2,1-2H3,(H,24,28)/t20-/m0/s1. The lowest BCUT2D eigenvalue weighted by Crippen LogP contribution is -2.32. The van der Waals surface area contributed by atoms with Crippen molar-refractivity contribution in [3.63, 3.8) is 0 Å². The Kier molecular flexibility index (Phi) is 6.00. The minimum atomic E-state index is 0.0412. The van der Waals surface area contributed by atoms with Crippen LogP contribution in [0.5, 0.6) is 0 Å². The summed E-state index contributed by atoms with van der Waals surface area (Å²) >= 11 is 1.45. The Morgan fingerprint density at radius 3 is 2.90 bits per heavy atom. The highest BCUT2D eigenvalue weighted by atomic mass is 32.2. The number of hydrogen-bond donors (Lipinski definition) is 1. The molecule has 6 heteroatoms. The van der Waals surface area contributed by atoms with E-state index in [1.807, 2.05) is 12.1 Å². The van der Waals surface area contributed by atoms with E-state index in [4.69, 9.17) is 0 Å². The van der Waals surface area contributed by atoms with Crippen LogP contribution >= 0.6 is 11.8 Å². The van der Waals surface area contributed by atoms with Crippen LogP contribution in [-0.2, 0) is 17.8 Å². The molecule has 29 heavy (non-hydrogen) atoms. The molecule has 1 aliphatic rings. The third-order valence-corrected chi connectivity index (χ3v) is 6.31. The lowest BCUT2D eigenvalue weighted by atomic mass is 9.88. The van der Waals surface area contributed by atoms with Crippen molar-refractivity contribution in [3.8, 4) is 11.4 Å². The van der Waals surface area contributed by atoms with Crippen molar-refractivity contribution in [2.75, 3.05) is 5.75 Å². The van der Waals surface area contributed by atoms with E-state index in [1.54, 1.807) is 0 Å². The second kappa shape index (κ2) is 8.82. The Hall–Kier alpha value is -2.60. The van der Waals surface area contributed by atoms with Crippen LogP contribution in [0.2, 0.25) is 0 Å². The van der Waals surface area contributed by atoms with Crippen molar-refractivity contribution < 1.29 is 4.79 Å². The van der Waals surface area contributed by atoms with E-state index in [0.29, 0.717) is 5.75 Å². The number of rotatable bonds is 6. The molecule has 4 rings (SSSR count). The zero-order chi connectivity index (χ0) is 20.2. The normalized spacial score (nSPS) is 15.7. The average molecular weight is 407 g/mol. The highest BCUT2D eigenvalue weighted by Crippen LogP contribution is 2.30. The number of nitrogens with one attached hydrogen (secondary N) is 1. The number of aryl methyl sites for hydroxylation is 2. The molecular weight excluding hydrogens is 380 g/mol. The van der Waals surface area contributed by atoms with Gasteiger partial charge < -0.3 is 9.88 Å². The number of nitrogens with zero attached hydrogens (tertiary/aromatic N) is 3. The predicted molar refractivity (Wildman–Crippen MR) is 117 cm³/mol. The van der Waals surface area contributed by atoms with Gasteiger partial charge in [0.2, 0.25) is 5.91 Å². The van der Waals surface area contributed by atoms with Gasteiger partial charge in [-0.1, -0.05) is 59.8 Å². The van der Waals surface area contributed by atoms with Gasteiger partial charge in [-0.3, -0.25) is 4.79 Å². The molecule has 3 aromatic rings. The number of fused-ring (bicyclic) bond motifs is 1. The fraction of sp³-hybridized carbons (Fsp3) is 0.348. The number of carbonyl (C=O) groups is 1. The summed E-state index contributed by atoms with van der Waals surface area (Å²) in [6.45, 7) is 4.90. The van der Waals surface area contributed by atoms with Crippen LogP contribution in [0.4, 0.5) is 0 Å². The van der Waals surface area contributed by atoms with Crippen molar-refractivity contribution >= 4 is 17.7 Å². The van der Waals surface area contributed by atoms with E-state index in [-0.39, 0.29) is 11.9 Å². The van der Waals surface area contributed by atoms with Crippen LogP contribution < -0.4 is 5.32 Å². The molecule has 1 amide bonds. The van der Waals surface area contributed by atoms with Crippen LogP contribution in [0.25, 0.3) is 11.4 Å². The number of thioether (sulfide) groups is 1. The fourth-order valence-electron chi connectivity index (χ4n) is 3.95. The van der Waals surface area contributed by atoms with Crippen LogP contribution in [-0.4, -0.2) is 26.4 Å². The Morgan fingerprint density at radius 2 is 2.07 bits per heavy atom. The SMILES string of the molecule is CCn1c(SCC(=O)N[C@H]2CCCc3ccccc32)nnc1-c1cccc(C)c1. The minimum absolute atomic E-state index is 0.0412. The molecule has 1 N–H and O–H groups in total. The van der Waals surface area contributed by atoms with E-state index in [0.717, 1.165) is 42.4 Å². The lowest BCUT2D eigenvalue weighted by Gasteiger charge is -2.26. The molecule has 1 aromatic heterocycles. The minimum Gasteiger partial charge on any atom is -0.349 e. The summed E-state index contributed by atoms with van der Waals surface area (Å²) in [5, 5.41) is 12.7. The third-order valence-electron chi connectivity index (χ3n) is 5.35. The number of carbonyl (C=O) groups excluding carboxylic acids is 1. The molecule has 1 atom stereocenters. The monoisotopic (exact) mass is 406 g/mol. The Balaban J connectivity index is 1.43. The smallest absolute Gasteiger partial charge is 0.230 e. The summed E-state index contributed by atoms with van der Waals surface area (Å²) in [6, 6.07) is 16.8. The molecule has 0 unspecified atom stereocenters. The zero-order valence-electron chi connectivity index (χ0n) is 16.9. The average Bonchev–Trinajstić information content (AvgIpc) is 3.15. The Bertz CT molecular complexity index is 1010. The molecule has 0 radical (unpaired) electrons. The number of aromatic nitrogens is 3.